The fraction of sp³-hybridized carbons (Fsp3) is 1.00. The van der Waals surface area contributed by atoms with Crippen LogP contribution in [-0.2, 0) is 0 Å². The highest BCUT2D eigenvalue weighted by molar-refractivity contribution is 4.39. The predicted molar refractivity (Wildman–Crippen MR) is 46.2 cm³/mol. The van der Waals surface area contributed by atoms with Gasteiger partial charge in [-0.2, -0.15) is 0 Å². The lowest BCUT2D eigenvalue weighted by molar-refractivity contribution is 0.286. The van der Waals surface area contributed by atoms with Crippen LogP contribution in [0.3, 0.4) is 0 Å². The molecule has 2 nitrogen and oxygen atoms in total. The molecule has 0 saturated heterocycles. The number of aliphatic hydroxyl groups excluding tert-OH is 1. The molecule has 0 heterocycles. The zero-order valence-electron chi connectivity index (χ0n) is 7.48. The van der Waals surface area contributed by atoms with E-state index in [-0.39, 0.29) is 0 Å². The van der Waals surface area contributed by atoms with E-state index in [4.69, 9.17) is 5.11 Å². The maximum atomic E-state index is 8.25. The third-order valence-electron chi connectivity index (χ3n) is 0.762. The minimum atomic E-state index is 0.299. The summed E-state index contributed by atoms with van der Waals surface area (Å²) < 4.78 is 0. The van der Waals surface area contributed by atoms with Crippen molar-refractivity contribution in [2.75, 3.05) is 19.7 Å². The zero-order chi connectivity index (χ0) is 8.24. The Kier molecular flexibility index (Phi) is 20.1. The van der Waals surface area contributed by atoms with Crippen molar-refractivity contribution in [1.29, 1.82) is 0 Å². The highest BCUT2D eigenvalue weighted by Gasteiger charge is 1.78. The standard InChI is InChI=1S/C5H13NO.C3H8/c1-2-6-4-3-5-7;1-3-2/h6-7H,2-5H2,1H3;3H2,1-2H3. The molecule has 0 saturated carbocycles. The van der Waals surface area contributed by atoms with E-state index in [1.807, 2.05) is 0 Å². The molecular formula is C8H21NO. The normalized spacial score (nSPS) is 8.40. The van der Waals surface area contributed by atoms with Gasteiger partial charge in [0.2, 0.25) is 0 Å². The van der Waals surface area contributed by atoms with Crippen LogP contribution in [-0.4, -0.2) is 24.8 Å². The van der Waals surface area contributed by atoms with Crippen LogP contribution in [0.25, 0.3) is 0 Å². The Bertz CT molecular complexity index is 36.2. The second-order valence-electron chi connectivity index (χ2n) is 2.14. The molecule has 2 heteroatoms. The van der Waals surface area contributed by atoms with Crippen molar-refractivity contribution >= 4 is 0 Å². The summed E-state index contributed by atoms with van der Waals surface area (Å²) in [4.78, 5) is 0. The summed E-state index contributed by atoms with van der Waals surface area (Å²) in [6, 6.07) is 0. The molecule has 10 heavy (non-hydrogen) atoms. The predicted octanol–water partition coefficient (Wildman–Crippen LogP) is 1.39. The third kappa shape index (κ3) is 24.7. The van der Waals surface area contributed by atoms with E-state index in [0.717, 1.165) is 19.5 Å². The van der Waals surface area contributed by atoms with E-state index in [2.05, 4.69) is 26.1 Å². The van der Waals surface area contributed by atoms with E-state index in [0.29, 0.717) is 6.61 Å². The molecule has 0 aliphatic carbocycles. The first-order chi connectivity index (χ1) is 4.83. The van der Waals surface area contributed by atoms with Crippen LogP contribution in [0.1, 0.15) is 33.6 Å². The van der Waals surface area contributed by atoms with Crippen molar-refractivity contribution in [3.05, 3.63) is 0 Å². The van der Waals surface area contributed by atoms with Crippen molar-refractivity contribution in [2.24, 2.45) is 0 Å². The van der Waals surface area contributed by atoms with Gasteiger partial charge in [0, 0.05) is 6.61 Å². The van der Waals surface area contributed by atoms with Gasteiger partial charge in [-0.1, -0.05) is 27.2 Å². The number of aliphatic hydroxyl groups is 1. The largest absolute Gasteiger partial charge is 0.396 e. The molecule has 0 bridgehead atoms. The monoisotopic (exact) mass is 147 g/mol. The first-order valence-electron chi connectivity index (χ1n) is 4.14. The Balaban J connectivity index is 0. The van der Waals surface area contributed by atoms with Gasteiger partial charge in [-0.15, -0.1) is 0 Å². The fourth-order valence-electron chi connectivity index (χ4n) is 0.381. The van der Waals surface area contributed by atoms with Crippen LogP contribution < -0.4 is 5.32 Å². The fourth-order valence-corrected chi connectivity index (χ4v) is 0.381. The molecule has 0 aromatic rings. The summed E-state index contributed by atoms with van der Waals surface area (Å²) in [7, 11) is 0. The van der Waals surface area contributed by atoms with Crippen molar-refractivity contribution in [3.8, 4) is 0 Å². The van der Waals surface area contributed by atoms with Crippen LogP contribution in [0.4, 0.5) is 0 Å². The smallest absolute Gasteiger partial charge is 0.0443 e. The van der Waals surface area contributed by atoms with E-state index in [9.17, 15) is 0 Å². The van der Waals surface area contributed by atoms with Crippen molar-refractivity contribution in [1.82, 2.24) is 5.32 Å². The van der Waals surface area contributed by atoms with Crippen molar-refractivity contribution < 1.29 is 5.11 Å². The SMILES string of the molecule is CCC.CCNCCCO. The first-order valence-corrected chi connectivity index (χ1v) is 4.14. The molecule has 0 radical (unpaired) electrons. The van der Waals surface area contributed by atoms with Gasteiger partial charge >= 0.3 is 0 Å². The molecule has 0 aromatic carbocycles. The maximum absolute atomic E-state index is 8.25. The lowest BCUT2D eigenvalue weighted by Gasteiger charge is -1.94. The van der Waals surface area contributed by atoms with Crippen LogP contribution in [0.5, 0.6) is 0 Å². The van der Waals surface area contributed by atoms with Crippen LogP contribution in [0.2, 0.25) is 0 Å². The molecular weight excluding hydrogens is 126 g/mol. The molecule has 0 rings (SSSR count). The van der Waals surface area contributed by atoms with E-state index < -0.39 is 0 Å². The van der Waals surface area contributed by atoms with Crippen molar-refractivity contribution in [3.63, 3.8) is 0 Å². The molecule has 0 spiro atoms. The van der Waals surface area contributed by atoms with Gasteiger partial charge in [0.05, 0.1) is 0 Å². The number of hydrogen-bond acceptors (Lipinski definition) is 2. The minimum Gasteiger partial charge on any atom is -0.396 e. The highest BCUT2D eigenvalue weighted by Crippen LogP contribution is 1.68. The highest BCUT2D eigenvalue weighted by atomic mass is 16.3. The lowest BCUT2D eigenvalue weighted by Crippen LogP contribution is -2.14. The average molecular weight is 147 g/mol. The molecule has 2 N–H and O–H groups in total. The summed E-state index contributed by atoms with van der Waals surface area (Å²) in [5, 5.41) is 11.3. The minimum absolute atomic E-state index is 0.299. The number of nitrogens with one attached hydrogen (secondary N) is 1. The summed E-state index contributed by atoms with van der Waals surface area (Å²) in [6.07, 6.45) is 2.12. The summed E-state index contributed by atoms with van der Waals surface area (Å²) in [5.41, 5.74) is 0. The summed E-state index contributed by atoms with van der Waals surface area (Å²) >= 11 is 0. The van der Waals surface area contributed by atoms with Gasteiger partial charge in [0.25, 0.3) is 0 Å². The van der Waals surface area contributed by atoms with Gasteiger partial charge in [-0.25, -0.2) is 0 Å². The molecule has 0 fully saturated rings. The topological polar surface area (TPSA) is 32.3 Å². The summed E-state index contributed by atoms with van der Waals surface area (Å²) in [6.45, 7) is 8.54. The summed E-state index contributed by atoms with van der Waals surface area (Å²) in [5.74, 6) is 0. The van der Waals surface area contributed by atoms with Gasteiger partial charge in [0.15, 0.2) is 0 Å². The molecule has 0 atom stereocenters. The Morgan fingerprint density at radius 2 is 1.70 bits per heavy atom. The second-order valence-corrected chi connectivity index (χ2v) is 2.14. The quantitative estimate of drug-likeness (QED) is 0.589. The number of rotatable bonds is 4. The Morgan fingerprint density at radius 1 is 1.20 bits per heavy atom. The first kappa shape index (κ1) is 12.6. The molecule has 0 aromatic heterocycles. The maximum Gasteiger partial charge on any atom is 0.0443 e. The second kappa shape index (κ2) is 16.0. The van der Waals surface area contributed by atoms with Crippen LogP contribution in [0.15, 0.2) is 0 Å². The van der Waals surface area contributed by atoms with Gasteiger partial charge in [-0.3, -0.25) is 0 Å². The van der Waals surface area contributed by atoms with Crippen molar-refractivity contribution in [2.45, 2.75) is 33.6 Å². The number of hydrogen-bond donors (Lipinski definition) is 2. The molecule has 0 aliphatic rings. The van der Waals surface area contributed by atoms with E-state index >= 15 is 0 Å². The van der Waals surface area contributed by atoms with E-state index in [1.165, 1.54) is 6.42 Å². The Labute approximate surface area is 64.6 Å². The Morgan fingerprint density at radius 3 is 2.00 bits per heavy atom. The molecule has 0 amide bonds. The Hall–Kier alpha value is -0.0800. The van der Waals surface area contributed by atoms with Gasteiger partial charge in [-0.05, 0) is 19.5 Å². The van der Waals surface area contributed by atoms with E-state index in [1.54, 1.807) is 0 Å². The van der Waals surface area contributed by atoms with Gasteiger partial charge < -0.3 is 10.4 Å². The molecule has 64 valence electrons. The molecule has 0 unspecified atom stereocenters. The van der Waals surface area contributed by atoms with Gasteiger partial charge in [0.1, 0.15) is 0 Å². The zero-order valence-corrected chi connectivity index (χ0v) is 7.48. The third-order valence-corrected chi connectivity index (χ3v) is 0.762. The molecule has 0 aliphatic heterocycles. The van der Waals surface area contributed by atoms with Crippen LogP contribution >= 0.6 is 0 Å². The average Bonchev–Trinajstić information content (AvgIpc) is 1.91. The lowest BCUT2D eigenvalue weighted by atomic mass is 10.4. The van der Waals surface area contributed by atoms with Crippen LogP contribution in [0, 0.1) is 0 Å².